The van der Waals surface area contributed by atoms with Gasteiger partial charge in [0, 0.05) is 18.7 Å². The van der Waals surface area contributed by atoms with Crippen molar-refractivity contribution in [2.24, 2.45) is 0 Å². The van der Waals surface area contributed by atoms with Crippen molar-refractivity contribution in [1.82, 2.24) is 30.1 Å². The molecule has 4 aromatic rings. The monoisotopic (exact) mass is 502 g/mol. The van der Waals surface area contributed by atoms with Crippen LogP contribution in [0, 0.1) is 19.7 Å². The normalized spacial score (nSPS) is 15.5. The summed E-state index contributed by atoms with van der Waals surface area (Å²) in [6.45, 7) is 7.17. The molecule has 37 heavy (non-hydrogen) atoms. The third kappa shape index (κ3) is 5.34. The number of hydrogen-bond donors (Lipinski definition) is 1. The SMILES string of the molecule is CC[C@H](c1nnnn1C1CCCCC1)N(Cc1ccc(F)cc1)Cc1cc2ccc(C)c(C)c2[nH]c1=O. The van der Waals surface area contributed by atoms with Gasteiger partial charge in [0.25, 0.3) is 5.56 Å². The van der Waals surface area contributed by atoms with Gasteiger partial charge in [-0.1, -0.05) is 50.5 Å². The number of aromatic amines is 1. The van der Waals surface area contributed by atoms with E-state index in [1.165, 1.54) is 31.4 Å². The lowest BCUT2D eigenvalue weighted by molar-refractivity contribution is 0.155. The molecule has 2 heterocycles. The van der Waals surface area contributed by atoms with Gasteiger partial charge in [0.2, 0.25) is 0 Å². The van der Waals surface area contributed by atoms with E-state index in [2.05, 4.69) is 44.5 Å². The molecule has 2 aromatic heterocycles. The van der Waals surface area contributed by atoms with E-state index in [-0.39, 0.29) is 17.4 Å². The minimum atomic E-state index is -0.264. The predicted octanol–water partition coefficient (Wildman–Crippen LogP) is 5.93. The van der Waals surface area contributed by atoms with Crippen molar-refractivity contribution in [2.45, 2.75) is 84.5 Å². The van der Waals surface area contributed by atoms with Gasteiger partial charge in [0.1, 0.15) is 5.82 Å². The van der Waals surface area contributed by atoms with Crippen LogP contribution in [0.4, 0.5) is 4.39 Å². The Morgan fingerprint density at radius 3 is 2.57 bits per heavy atom. The summed E-state index contributed by atoms with van der Waals surface area (Å²) in [5.41, 5.74) is 4.68. The first kappa shape index (κ1) is 25.3. The number of aryl methyl sites for hydroxylation is 2. The molecule has 1 aliphatic rings. The van der Waals surface area contributed by atoms with Gasteiger partial charge in [0.05, 0.1) is 17.6 Å². The fourth-order valence-corrected chi connectivity index (χ4v) is 5.62. The van der Waals surface area contributed by atoms with E-state index in [1.807, 2.05) is 24.6 Å². The number of nitrogens with one attached hydrogen (secondary N) is 1. The van der Waals surface area contributed by atoms with Crippen molar-refractivity contribution in [3.63, 3.8) is 0 Å². The van der Waals surface area contributed by atoms with Crippen LogP contribution in [0.1, 0.15) is 85.6 Å². The molecule has 7 nitrogen and oxygen atoms in total. The topological polar surface area (TPSA) is 79.7 Å². The summed E-state index contributed by atoms with van der Waals surface area (Å²) < 4.78 is 15.7. The molecule has 0 spiro atoms. The molecule has 0 unspecified atom stereocenters. The number of rotatable bonds is 8. The van der Waals surface area contributed by atoms with Gasteiger partial charge in [0.15, 0.2) is 5.82 Å². The van der Waals surface area contributed by atoms with Gasteiger partial charge < -0.3 is 4.98 Å². The van der Waals surface area contributed by atoms with Gasteiger partial charge in [-0.25, -0.2) is 9.07 Å². The molecule has 1 fully saturated rings. The summed E-state index contributed by atoms with van der Waals surface area (Å²) in [7, 11) is 0. The number of benzene rings is 2. The zero-order valence-corrected chi connectivity index (χ0v) is 21.9. The lowest BCUT2D eigenvalue weighted by atomic mass is 9.95. The minimum Gasteiger partial charge on any atom is -0.321 e. The zero-order chi connectivity index (χ0) is 25.9. The lowest BCUT2D eigenvalue weighted by Crippen LogP contribution is -2.33. The fraction of sp³-hybridized carbons (Fsp3) is 0.448. The van der Waals surface area contributed by atoms with Crippen LogP contribution in [0.5, 0.6) is 0 Å². The van der Waals surface area contributed by atoms with Crippen LogP contribution < -0.4 is 5.56 Å². The Morgan fingerprint density at radius 2 is 1.84 bits per heavy atom. The molecule has 1 atom stereocenters. The van der Waals surface area contributed by atoms with Crippen LogP contribution in [0.25, 0.3) is 10.9 Å². The van der Waals surface area contributed by atoms with E-state index in [1.54, 1.807) is 12.1 Å². The summed E-state index contributed by atoms with van der Waals surface area (Å²) in [4.78, 5) is 18.6. The number of tetrazole rings is 1. The number of pyridine rings is 1. The Morgan fingerprint density at radius 1 is 1.08 bits per heavy atom. The molecule has 5 rings (SSSR count). The Hall–Kier alpha value is -3.39. The number of fused-ring (bicyclic) bond motifs is 1. The molecule has 0 radical (unpaired) electrons. The Kier molecular flexibility index (Phi) is 7.46. The van der Waals surface area contributed by atoms with Crippen molar-refractivity contribution in [2.75, 3.05) is 0 Å². The second-order valence-corrected chi connectivity index (χ2v) is 10.3. The van der Waals surface area contributed by atoms with E-state index in [0.29, 0.717) is 24.7 Å². The minimum absolute atomic E-state index is 0.0907. The van der Waals surface area contributed by atoms with E-state index in [0.717, 1.165) is 52.7 Å². The van der Waals surface area contributed by atoms with Crippen LogP contribution in [-0.4, -0.2) is 30.1 Å². The van der Waals surface area contributed by atoms with Crippen LogP contribution in [0.3, 0.4) is 0 Å². The molecular formula is C29H35FN6O. The number of aromatic nitrogens is 5. The molecule has 0 bridgehead atoms. The van der Waals surface area contributed by atoms with Gasteiger partial charge in [-0.05, 0) is 83.8 Å². The first-order valence-corrected chi connectivity index (χ1v) is 13.3. The molecule has 1 N–H and O–H groups in total. The summed E-state index contributed by atoms with van der Waals surface area (Å²) in [5.74, 6) is 0.570. The van der Waals surface area contributed by atoms with Gasteiger partial charge in [-0.15, -0.1) is 5.10 Å². The van der Waals surface area contributed by atoms with Crippen molar-refractivity contribution in [3.8, 4) is 0 Å². The summed E-state index contributed by atoms with van der Waals surface area (Å²) in [6.07, 6.45) is 6.56. The predicted molar refractivity (Wildman–Crippen MR) is 143 cm³/mol. The summed E-state index contributed by atoms with van der Waals surface area (Å²) in [5, 5.41) is 14.0. The molecule has 1 saturated carbocycles. The van der Waals surface area contributed by atoms with Crippen LogP contribution in [0.2, 0.25) is 0 Å². The van der Waals surface area contributed by atoms with Crippen molar-refractivity contribution < 1.29 is 4.39 Å². The fourth-order valence-electron chi connectivity index (χ4n) is 5.62. The number of halogens is 1. The average molecular weight is 503 g/mol. The quantitative estimate of drug-likeness (QED) is 0.323. The lowest BCUT2D eigenvalue weighted by Gasteiger charge is -2.32. The molecule has 0 saturated heterocycles. The highest BCUT2D eigenvalue weighted by Crippen LogP contribution is 2.33. The summed E-state index contributed by atoms with van der Waals surface area (Å²) >= 11 is 0. The third-order valence-corrected chi connectivity index (χ3v) is 7.86. The van der Waals surface area contributed by atoms with E-state index >= 15 is 0 Å². The number of hydrogen-bond acceptors (Lipinski definition) is 5. The van der Waals surface area contributed by atoms with Crippen LogP contribution >= 0.6 is 0 Å². The van der Waals surface area contributed by atoms with Gasteiger partial charge >= 0.3 is 0 Å². The second kappa shape index (κ2) is 10.9. The average Bonchev–Trinajstić information content (AvgIpc) is 3.39. The molecule has 0 amide bonds. The highest BCUT2D eigenvalue weighted by Gasteiger charge is 2.29. The molecule has 8 heteroatoms. The molecule has 194 valence electrons. The van der Waals surface area contributed by atoms with Crippen LogP contribution in [-0.2, 0) is 13.1 Å². The van der Waals surface area contributed by atoms with Crippen molar-refractivity contribution in [1.29, 1.82) is 0 Å². The van der Waals surface area contributed by atoms with Crippen molar-refractivity contribution >= 4 is 10.9 Å². The molecule has 0 aliphatic heterocycles. The smallest absolute Gasteiger partial charge is 0.252 e. The zero-order valence-electron chi connectivity index (χ0n) is 21.9. The molecule has 1 aliphatic carbocycles. The van der Waals surface area contributed by atoms with Gasteiger partial charge in [-0.3, -0.25) is 9.69 Å². The second-order valence-electron chi connectivity index (χ2n) is 10.3. The molecule has 2 aromatic carbocycles. The number of nitrogens with zero attached hydrogens (tertiary/aromatic N) is 5. The van der Waals surface area contributed by atoms with Crippen LogP contribution in [0.15, 0.2) is 47.3 Å². The maximum absolute atomic E-state index is 13.7. The summed E-state index contributed by atoms with van der Waals surface area (Å²) in [6, 6.07) is 12.9. The first-order chi connectivity index (χ1) is 17.9. The Labute approximate surface area is 216 Å². The Balaban J connectivity index is 1.53. The Bertz CT molecular complexity index is 1420. The third-order valence-electron chi connectivity index (χ3n) is 7.86. The maximum Gasteiger partial charge on any atom is 0.252 e. The maximum atomic E-state index is 13.7. The highest BCUT2D eigenvalue weighted by atomic mass is 19.1. The van der Waals surface area contributed by atoms with E-state index in [9.17, 15) is 9.18 Å². The number of H-pyrrole nitrogens is 1. The standard InChI is InChI=1S/C29H35FN6O/c1-4-26(28-32-33-34-36(28)25-8-6-5-7-9-25)35(17-21-11-14-24(30)15-12-21)18-23-16-22-13-10-19(2)20(3)27(22)31-29(23)37/h10-16,25-26H,4-9,17-18H2,1-3H3,(H,31,37)/t26-/m1/s1. The van der Waals surface area contributed by atoms with Gasteiger partial charge in [-0.2, -0.15) is 0 Å². The van der Waals surface area contributed by atoms with Crippen molar-refractivity contribution in [3.05, 3.63) is 86.7 Å². The molecular weight excluding hydrogens is 467 g/mol. The highest BCUT2D eigenvalue weighted by molar-refractivity contribution is 5.83. The first-order valence-electron chi connectivity index (χ1n) is 13.3. The van der Waals surface area contributed by atoms with E-state index in [4.69, 9.17) is 0 Å². The largest absolute Gasteiger partial charge is 0.321 e. The van der Waals surface area contributed by atoms with E-state index < -0.39 is 0 Å².